The summed E-state index contributed by atoms with van der Waals surface area (Å²) in [5, 5.41) is 0. The summed E-state index contributed by atoms with van der Waals surface area (Å²) < 4.78 is 0. The smallest absolute Gasteiger partial charge is 0.220 e. The standard InChI is InChI=1S/C8H13N3/c1-6(2)5-7-3-4-10-8(9)11-7/h3-4,6H,5H2,1-2H3,(H2,9,10,11). The van der Waals surface area contributed by atoms with Gasteiger partial charge in [0.05, 0.1) is 0 Å². The highest BCUT2D eigenvalue weighted by molar-refractivity contribution is 5.17. The monoisotopic (exact) mass is 151 g/mol. The van der Waals surface area contributed by atoms with Crippen LogP contribution in [-0.2, 0) is 6.42 Å². The summed E-state index contributed by atoms with van der Waals surface area (Å²) in [5.41, 5.74) is 6.43. The van der Waals surface area contributed by atoms with Crippen molar-refractivity contribution in [2.24, 2.45) is 5.92 Å². The average Bonchev–Trinajstić information content (AvgIpc) is 1.85. The Labute approximate surface area is 66.7 Å². The van der Waals surface area contributed by atoms with Gasteiger partial charge in [0.2, 0.25) is 5.95 Å². The van der Waals surface area contributed by atoms with Gasteiger partial charge in [-0.25, -0.2) is 9.97 Å². The first kappa shape index (κ1) is 7.98. The molecule has 11 heavy (non-hydrogen) atoms. The predicted molar refractivity (Wildman–Crippen MR) is 45.0 cm³/mol. The van der Waals surface area contributed by atoms with E-state index in [1.165, 1.54) is 0 Å². The average molecular weight is 151 g/mol. The van der Waals surface area contributed by atoms with E-state index in [9.17, 15) is 0 Å². The maximum atomic E-state index is 5.41. The minimum atomic E-state index is 0.364. The van der Waals surface area contributed by atoms with Gasteiger partial charge in [-0.2, -0.15) is 0 Å². The van der Waals surface area contributed by atoms with Gasteiger partial charge < -0.3 is 5.73 Å². The van der Waals surface area contributed by atoms with Gasteiger partial charge in [0.15, 0.2) is 0 Å². The topological polar surface area (TPSA) is 51.8 Å². The molecule has 60 valence electrons. The number of nitrogens with zero attached hydrogens (tertiary/aromatic N) is 2. The van der Waals surface area contributed by atoms with Crippen molar-refractivity contribution in [2.45, 2.75) is 20.3 Å². The van der Waals surface area contributed by atoms with E-state index in [1.54, 1.807) is 6.20 Å². The van der Waals surface area contributed by atoms with Crippen LogP contribution in [0.3, 0.4) is 0 Å². The van der Waals surface area contributed by atoms with Crippen LogP contribution < -0.4 is 5.73 Å². The van der Waals surface area contributed by atoms with E-state index < -0.39 is 0 Å². The molecule has 0 amide bonds. The van der Waals surface area contributed by atoms with Gasteiger partial charge in [0.25, 0.3) is 0 Å². The second-order valence-electron chi connectivity index (χ2n) is 3.00. The molecule has 3 heteroatoms. The highest BCUT2D eigenvalue weighted by Gasteiger charge is 1.98. The molecule has 0 radical (unpaired) electrons. The van der Waals surface area contributed by atoms with E-state index >= 15 is 0 Å². The Bertz CT molecular complexity index is 233. The third-order valence-electron chi connectivity index (χ3n) is 1.35. The first-order valence-electron chi connectivity index (χ1n) is 3.76. The van der Waals surface area contributed by atoms with Gasteiger partial charge in [-0.3, -0.25) is 0 Å². The molecule has 2 N–H and O–H groups in total. The predicted octanol–water partition coefficient (Wildman–Crippen LogP) is 1.26. The first-order chi connectivity index (χ1) is 5.18. The number of nitrogen functional groups attached to an aromatic ring is 1. The van der Waals surface area contributed by atoms with Crippen molar-refractivity contribution in [1.82, 2.24) is 9.97 Å². The largest absolute Gasteiger partial charge is 0.368 e. The number of rotatable bonds is 2. The number of aromatic nitrogens is 2. The Morgan fingerprint density at radius 3 is 2.82 bits per heavy atom. The maximum absolute atomic E-state index is 5.41. The van der Waals surface area contributed by atoms with E-state index in [-0.39, 0.29) is 0 Å². The van der Waals surface area contributed by atoms with Crippen LogP contribution in [0, 0.1) is 5.92 Å². The fourth-order valence-electron chi connectivity index (χ4n) is 0.945. The van der Waals surface area contributed by atoms with Crippen molar-refractivity contribution >= 4 is 5.95 Å². The van der Waals surface area contributed by atoms with Gasteiger partial charge in [-0.15, -0.1) is 0 Å². The number of hydrogen-bond donors (Lipinski definition) is 1. The maximum Gasteiger partial charge on any atom is 0.220 e. The van der Waals surface area contributed by atoms with Crippen molar-refractivity contribution in [2.75, 3.05) is 5.73 Å². The molecule has 0 atom stereocenters. The van der Waals surface area contributed by atoms with Gasteiger partial charge in [0, 0.05) is 11.9 Å². The van der Waals surface area contributed by atoms with Crippen molar-refractivity contribution in [3.8, 4) is 0 Å². The summed E-state index contributed by atoms with van der Waals surface area (Å²) in [6.07, 6.45) is 2.66. The summed E-state index contributed by atoms with van der Waals surface area (Å²) in [6.45, 7) is 4.30. The van der Waals surface area contributed by atoms with Crippen LogP contribution in [0.25, 0.3) is 0 Å². The van der Waals surface area contributed by atoms with Gasteiger partial charge >= 0.3 is 0 Å². The molecule has 0 aliphatic carbocycles. The molecule has 0 aromatic carbocycles. The molecule has 0 spiro atoms. The first-order valence-corrected chi connectivity index (χ1v) is 3.76. The van der Waals surface area contributed by atoms with E-state index in [0.29, 0.717) is 11.9 Å². The number of anilines is 1. The van der Waals surface area contributed by atoms with Crippen LogP contribution in [0.15, 0.2) is 12.3 Å². The zero-order valence-corrected chi connectivity index (χ0v) is 6.91. The van der Waals surface area contributed by atoms with Gasteiger partial charge in [0.1, 0.15) is 0 Å². The van der Waals surface area contributed by atoms with Crippen LogP contribution in [-0.4, -0.2) is 9.97 Å². The Hall–Kier alpha value is -1.12. The molecule has 1 aromatic rings. The van der Waals surface area contributed by atoms with Crippen molar-refractivity contribution in [1.29, 1.82) is 0 Å². The van der Waals surface area contributed by atoms with Gasteiger partial charge in [-0.1, -0.05) is 13.8 Å². The van der Waals surface area contributed by atoms with E-state index in [1.807, 2.05) is 6.07 Å². The zero-order valence-electron chi connectivity index (χ0n) is 6.91. The molecule has 0 saturated carbocycles. The third kappa shape index (κ3) is 2.53. The lowest BCUT2D eigenvalue weighted by Crippen LogP contribution is -2.01. The van der Waals surface area contributed by atoms with Crippen molar-refractivity contribution < 1.29 is 0 Å². The molecular formula is C8H13N3. The lowest BCUT2D eigenvalue weighted by atomic mass is 10.1. The van der Waals surface area contributed by atoms with Crippen LogP contribution in [0.2, 0.25) is 0 Å². The van der Waals surface area contributed by atoms with E-state index in [0.717, 1.165) is 12.1 Å². The van der Waals surface area contributed by atoms with E-state index in [2.05, 4.69) is 23.8 Å². The molecule has 0 bridgehead atoms. The van der Waals surface area contributed by atoms with Crippen molar-refractivity contribution in [3.63, 3.8) is 0 Å². The molecular weight excluding hydrogens is 138 g/mol. The summed E-state index contributed by atoms with van der Waals surface area (Å²) in [4.78, 5) is 7.89. The Balaban J connectivity index is 2.71. The minimum Gasteiger partial charge on any atom is -0.368 e. The number of nitrogens with two attached hydrogens (primary N) is 1. The lowest BCUT2D eigenvalue weighted by Gasteiger charge is -2.02. The Kier molecular flexibility index (Phi) is 2.41. The molecule has 1 rings (SSSR count). The molecule has 1 heterocycles. The molecule has 3 nitrogen and oxygen atoms in total. The summed E-state index contributed by atoms with van der Waals surface area (Å²) >= 11 is 0. The molecule has 1 aromatic heterocycles. The fraction of sp³-hybridized carbons (Fsp3) is 0.500. The fourth-order valence-corrected chi connectivity index (χ4v) is 0.945. The Morgan fingerprint density at radius 1 is 1.55 bits per heavy atom. The molecule has 0 saturated heterocycles. The molecule has 0 aliphatic rings. The quantitative estimate of drug-likeness (QED) is 0.692. The highest BCUT2D eigenvalue weighted by atomic mass is 15.0. The second kappa shape index (κ2) is 3.32. The molecule has 0 unspecified atom stereocenters. The van der Waals surface area contributed by atoms with Crippen molar-refractivity contribution in [3.05, 3.63) is 18.0 Å². The minimum absolute atomic E-state index is 0.364. The summed E-state index contributed by atoms with van der Waals surface area (Å²) in [7, 11) is 0. The highest BCUT2D eigenvalue weighted by Crippen LogP contribution is 2.04. The lowest BCUT2D eigenvalue weighted by molar-refractivity contribution is 0.635. The van der Waals surface area contributed by atoms with Gasteiger partial charge in [-0.05, 0) is 18.4 Å². The summed E-state index contributed by atoms with van der Waals surface area (Å²) in [6, 6.07) is 1.90. The zero-order chi connectivity index (χ0) is 8.27. The molecule has 0 aliphatic heterocycles. The van der Waals surface area contributed by atoms with Crippen LogP contribution in [0.5, 0.6) is 0 Å². The van der Waals surface area contributed by atoms with Crippen LogP contribution in [0.1, 0.15) is 19.5 Å². The Morgan fingerprint density at radius 2 is 2.27 bits per heavy atom. The second-order valence-corrected chi connectivity index (χ2v) is 3.00. The van der Waals surface area contributed by atoms with Crippen LogP contribution in [0.4, 0.5) is 5.95 Å². The third-order valence-corrected chi connectivity index (χ3v) is 1.35. The molecule has 0 fully saturated rings. The summed E-state index contributed by atoms with van der Waals surface area (Å²) in [5.74, 6) is 0.979. The SMILES string of the molecule is CC(C)Cc1ccnc(N)n1. The van der Waals surface area contributed by atoms with Crippen LogP contribution >= 0.6 is 0 Å². The number of hydrogen-bond acceptors (Lipinski definition) is 3. The normalized spacial score (nSPS) is 10.5. The van der Waals surface area contributed by atoms with E-state index in [4.69, 9.17) is 5.73 Å².